The van der Waals surface area contributed by atoms with Gasteiger partial charge in [-0.25, -0.2) is 19.3 Å². The van der Waals surface area contributed by atoms with Gasteiger partial charge in [0.2, 0.25) is 0 Å². The first kappa shape index (κ1) is 29.0. The van der Waals surface area contributed by atoms with Crippen molar-refractivity contribution in [1.82, 2.24) is 19.5 Å². The third-order valence-corrected chi connectivity index (χ3v) is 9.53. The summed E-state index contributed by atoms with van der Waals surface area (Å²) in [6.45, 7) is 0. The molecule has 0 atom stereocenters. The quantitative estimate of drug-likeness (QED) is 0.185. The van der Waals surface area contributed by atoms with Crippen LogP contribution in [0.15, 0.2) is 168 Å². The summed E-state index contributed by atoms with van der Waals surface area (Å²) in [5, 5.41) is 4.32. The summed E-state index contributed by atoms with van der Waals surface area (Å²) in [4.78, 5) is 14.9. The minimum atomic E-state index is -0.297. The van der Waals surface area contributed by atoms with E-state index in [1.807, 2.05) is 91.0 Å². The van der Waals surface area contributed by atoms with Crippen molar-refractivity contribution in [2.24, 2.45) is 0 Å². The molecule has 0 radical (unpaired) electrons. The van der Waals surface area contributed by atoms with Crippen molar-refractivity contribution >= 4 is 43.7 Å². The standard InChI is InChI=1S/C45H27FN4O/c46-32-22-19-28(20-23-32)37-27-31(45-48-43(29-11-3-1-4-12-29)47-44(49-45)30-13-5-2-6-14-30)21-26-39(37)50-38-17-9-7-15-33(38)35-24-25-36-34-16-8-10-18-40(34)51-42(36)41(35)50/h1-27H. The van der Waals surface area contributed by atoms with E-state index in [-0.39, 0.29) is 5.82 Å². The number of nitrogens with zero attached hydrogens (tertiary/aromatic N) is 4. The number of furan rings is 1. The van der Waals surface area contributed by atoms with Gasteiger partial charge in [0.05, 0.1) is 16.7 Å². The van der Waals surface area contributed by atoms with Crippen LogP contribution < -0.4 is 0 Å². The largest absolute Gasteiger partial charge is 0.454 e. The minimum Gasteiger partial charge on any atom is -0.454 e. The van der Waals surface area contributed by atoms with Gasteiger partial charge in [0.15, 0.2) is 23.1 Å². The molecule has 0 amide bonds. The van der Waals surface area contributed by atoms with E-state index in [1.54, 1.807) is 0 Å². The second-order valence-corrected chi connectivity index (χ2v) is 12.6. The molecular weight excluding hydrogens is 632 g/mol. The Hall–Kier alpha value is -6.92. The Morgan fingerprint density at radius 1 is 0.451 bits per heavy atom. The van der Waals surface area contributed by atoms with Crippen molar-refractivity contribution in [1.29, 1.82) is 0 Å². The summed E-state index contributed by atoms with van der Waals surface area (Å²) >= 11 is 0. The van der Waals surface area contributed by atoms with Gasteiger partial charge in [-0.2, -0.15) is 0 Å². The maximum absolute atomic E-state index is 14.4. The normalized spacial score (nSPS) is 11.6. The second kappa shape index (κ2) is 11.6. The van der Waals surface area contributed by atoms with E-state index in [2.05, 4.69) is 65.2 Å². The Labute approximate surface area is 291 Å². The molecule has 0 aliphatic rings. The highest BCUT2D eigenvalue weighted by Gasteiger charge is 2.22. The summed E-state index contributed by atoms with van der Waals surface area (Å²) in [7, 11) is 0. The number of aromatic nitrogens is 4. The lowest BCUT2D eigenvalue weighted by molar-refractivity contribution is 0.628. The van der Waals surface area contributed by atoms with E-state index >= 15 is 0 Å². The smallest absolute Gasteiger partial charge is 0.164 e. The monoisotopic (exact) mass is 658 g/mol. The minimum absolute atomic E-state index is 0.297. The van der Waals surface area contributed by atoms with Crippen molar-refractivity contribution in [2.45, 2.75) is 0 Å². The van der Waals surface area contributed by atoms with Crippen LogP contribution >= 0.6 is 0 Å². The zero-order valence-electron chi connectivity index (χ0n) is 27.2. The molecular formula is C45H27FN4O. The van der Waals surface area contributed by atoms with Crippen molar-refractivity contribution in [3.05, 3.63) is 170 Å². The Bertz CT molecular complexity index is 2860. The van der Waals surface area contributed by atoms with Gasteiger partial charge in [0.1, 0.15) is 11.4 Å². The summed E-state index contributed by atoms with van der Waals surface area (Å²) in [5.74, 6) is 1.41. The number of benzene rings is 7. The first-order valence-corrected chi connectivity index (χ1v) is 16.8. The third-order valence-electron chi connectivity index (χ3n) is 9.53. The number of fused-ring (bicyclic) bond motifs is 7. The van der Waals surface area contributed by atoms with Crippen LogP contribution in [-0.4, -0.2) is 19.5 Å². The van der Waals surface area contributed by atoms with E-state index in [9.17, 15) is 4.39 Å². The molecule has 0 bridgehead atoms. The fourth-order valence-corrected chi connectivity index (χ4v) is 7.15. The fraction of sp³-hybridized carbons (Fsp3) is 0. The highest BCUT2D eigenvalue weighted by molar-refractivity contribution is 6.21. The Balaban J connectivity index is 1.27. The lowest BCUT2D eigenvalue weighted by atomic mass is 9.99. The van der Waals surface area contributed by atoms with Gasteiger partial charge < -0.3 is 8.98 Å². The first-order chi connectivity index (χ1) is 25.2. The van der Waals surface area contributed by atoms with Crippen LogP contribution in [0.1, 0.15) is 0 Å². The predicted octanol–water partition coefficient (Wildman–Crippen LogP) is 11.7. The Morgan fingerprint density at radius 3 is 1.73 bits per heavy atom. The van der Waals surface area contributed by atoms with Crippen molar-refractivity contribution < 1.29 is 8.81 Å². The molecule has 240 valence electrons. The van der Waals surface area contributed by atoms with Crippen LogP contribution in [0.4, 0.5) is 4.39 Å². The van der Waals surface area contributed by atoms with E-state index in [1.165, 1.54) is 12.1 Å². The van der Waals surface area contributed by atoms with E-state index in [0.29, 0.717) is 17.5 Å². The van der Waals surface area contributed by atoms with Gasteiger partial charge in [-0.1, -0.05) is 115 Å². The highest BCUT2D eigenvalue weighted by Crippen LogP contribution is 2.42. The van der Waals surface area contributed by atoms with Gasteiger partial charge in [-0.3, -0.25) is 0 Å². The van der Waals surface area contributed by atoms with E-state index < -0.39 is 0 Å². The molecule has 10 aromatic rings. The van der Waals surface area contributed by atoms with Gasteiger partial charge >= 0.3 is 0 Å². The molecule has 0 spiro atoms. The highest BCUT2D eigenvalue weighted by atomic mass is 19.1. The Morgan fingerprint density at radius 2 is 1.02 bits per heavy atom. The fourth-order valence-electron chi connectivity index (χ4n) is 7.15. The SMILES string of the molecule is Fc1ccc(-c2cc(-c3nc(-c4ccccc4)nc(-c4ccccc4)n3)ccc2-n2c3ccccc3c3ccc4c5ccccc5oc4c32)cc1. The zero-order chi connectivity index (χ0) is 33.9. The summed E-state index contributed by atoms with van der Waals surface area (Å²) < 4.78 is 23.3. The molecule has 3 aromatic heterocycles. The summed E-state index contributed by atoms with van der Waals surface area (Å²) in [6, 6.07) is 53.7. The molecule has 0 saturated carbocycles. The van der Waals surface area contributed by atoms with Crippen LogP contribution in [0.5, 0.6) is 0 Å². The molecule has 0 saturated heterocycles. The second-order valence-electron chi connectivity index (χ2n) is 12.6. The molecule has 0 aliphatic heterocycles. The van der Waals surface area contributed by atoms with Gasteiger partial charge in [0, 0.05) is 43.8 Å². The number of para-hydroxylation sites is 2. The molecule has 5 nitrogen and oxygen atoms in total. The van der Waals surface area contributed by atoms with E-state index in [0.717, 1.165) is 77.2 Å². The molecule has 3 heterocycles. The molecule has 6 heteroatoms. The van der Waals surface area contributed by atoms with Crippen LogP contribution in [0.2, 0.25) is 0 Å². The number of hydrogen-bond donors (Lipinski definition) is 0. The Kier molecular flexibility index (Phi) is 6.61. The number of rotatable bonds is 5. The molecule has 0 fully saturated rings. The zero-order valence-corrected chi connectivity index (χ0v) is 27.2. The first-order valence-electron chi connectivity index (χ1n) is 16.8. The van der Waals surface area contributed by atoms with Crippen LogP contribution in [0.3, 0.4) is 0 Å². The maximum Gasteiger partial charge on any atom is 0.164 e. The topological polar surface area (TPSA) is 56.7 Å². The van der Waals surface area contributed by atoms with E-state index in [4.69, 9.17) is 19.4 Å². The maximum atomic E-state index is 14.4. The van der Waals surface area contributed by atoms with Gasteiger partial charge in [-0.05, 0) is 54.1 Å². The molecule has 7 aromatic carbocycles. The molecule has 10 rings (SSSR count). The molecule has 0 unspecified atom stereocenters. The summed E-state index contributed by atoms with van der Waals surface area (Å²) in [5.41, 5.74) is 8.94. The number of halogens is 1. The lowest BCUT2D eigenvalue weighted by Crippen LogP contribution is -2.02. The number of hydrogen-bond acceptors (Lipinski definition) is 4. The van der Waals surface area contributed by atoms with Crippen molar-refractivity contribution in [2.75, 3.05) is 0 Å². The predicted molar refractivity (Wildman–Crippen MR) is 203 cm³/mol. The lowest BCUT2D eigenvalue weighted by Gasteiger charge is -2.16. The van der Waals surface area contributed by atoms with Gasteiger partial charge in [-0.15, -0.1) is 0 Å². The van der Waals surface area contributed by atoms with Crippen molar-refractivity contribution in [3.63, 3.8) is 0 Å². The average Bonchev–Trinajstić information content (AvgIpc) is 3.75. The average molecular weight is 659 g/mol. The van der Waals surface area contributed by atoms with Crippen LogP contribution in [-0.2, 0) is 0 Å². The molecule has 51 heavy (non-hydrogen) atoms. The molecule has 0 N–H and O–H groups in total. The third kappa shape index (κ3) is 4.80. The van der Waals surface area contributed by atoms with Crippen LogP contribution in [0, 0.1) is 5.82 Å². The molecule has 0 aliphatic carbocycles. The van der Waals surface area contributed by atoms with Gasteiger partial charge in [0.25, 0.3) is 0 Å². The van der Waals surface area contributed by atoms with Crippen LogP contribution in [0.25, 0.3) is 94.7 Å². The van der Waals surface area contributed by atoms with Crippen molar-refractivity contribution in [3.8, 4) is 51.0 Å². The summed E-state index contributed by atoms with van der Waals surface area (Å²) in [6.07, 6.45) is 0.